The molecule has 0 aromatic heterocycles. The fourth-order valence-electron chi connectivity index (χ4n) is 0.490. The predicted octanol–water partition coefficient (Wildman–Crippen LogP) is -0.656. The Kier molecular flexibility index (Phi) is 4.34. The molecule has 1 amide bonds. The molecule has 0 aliphatic rings. The molecule has 0 bridgehead atoms. The molecule has 0 aliphatic heterocycles. The van der Waals surface area contributed by atoms with Crippen LogP contribution < -0.4 is 10.6 Å². The van der Waals surface area contributed by atoms with Crippen LogP contribution in [-0.4, -0.2) is 25.5 Å². The molecular formula is C7H12N2O. The number of amides is 1. The van der Waals surface area contributed by atoms with Crippen LogP contribution in [0.1, 0.15) is 6.92 Å². The van der Waals surface area contributed by atoms with E-state index in [2.05, 4.69) is 16.6 Å². The second kappa shape index (κ2) is 4.83. The van der Waals surface area contributed by atoms with E-state index in [1.807, 2.05) is 0 Å². The minimum absolute atomic E-state index is 0.0597. The third-order valence-electron chi connectivity index (χ3n) is 1.10. The van der Waals surface area contributed by atoms with Gasteiger partial charge in [-0.25, -0.2) is 0 Å². The Bertz CT molecular complexity index is 148. The molecule has 0 saturated carbocycles. The van der Waals surface area contributed by atoms with Crippen LogP contribution in [0.15, 0.2) is 0 Å². The largest absolute Gasteiger partial charge is 0.354 e. The first-order valence-corrected chi connectivity index (χ1v) is 3.08. The molecule has 1 atom stereocenters. The smallest absolute Gasteiger partial charge is 0.216 e. The van der Waals surface area contributed by atoms with Crippen molar-refractivity contribution < 1.29 is 4.79 Å². The van der Waals surface area contributed by atoms with Gasteiger partial charge in [0.05, 0.1) is 6.04 Å². The first-order chi connectivity index (χ1) is 4.70. The van der Waals surface area contributed by atoms with E-state index in [9.17, 15) is 4.79 Å². The highest BCUT2D eigenvalue weighted by molar-refractivity contribution is 5.72. The summed E-state index contributed by atoms with van der Waals surface area (Å²) in [5.74, 6) is 2.42. The van der Waals surface area contributed by atoms with Gasteiger partial charge in [-0.05, 0) is 7.05 Å². The van der Waals surface area contributed by atoms with Crippen LogP contribution in [0.5, 0.6) is 0 Å². The van der Waals surface area contributed by atoms with Crippen LogP contribution in [-0.2, 0) is 4.79 Å². The molecule has 2 N–H and O–H groups in total. The third-order valence-corrected chi connectivity index (χ3v) is 1.10. The minimum atomic E-state index is -0.0658. The third kappa shape index (κ3) is 3.93. The quantitative estimate of drug-likeness (QED) is 0.511. The van der Waals surface area contributed by atoms with Crippen molar-refractivity contribution >= 4 is 5.91 Å². The molecular weight excluding hydrogens is 128 g/mol. The van der Waals surface area contributed by atoms with Crippen molar-refractivity contribution in [1.29, 1.82) is 0 Å². The number of nitrogens with one attached hydrogen (secondary N) is 2. The van der Waals surface area contributed by atoms with Crippen molar-refractivity contribution in [2.75, 3.05) is 13.6 Å². The lowest BCUT2D eigenvalue weighted by Gasteiger charge is -2.08. The normalized spacial score (nSPS) is 11.7. The summed E-state index contributed by atoms with van der Waals surface area (Å²) in [4.78, 5) is 10.4. The van der Waals surface area contributed by atoms with Gasteiger partial charge in [-0.1, -0.05) is 5.92 Å². The number of rotatable bonds is 3. The summed E-state index contributed by atoms with van der Waals surface area (Å²) in [6.07, 6.45) is 5.11. The summed E-state index contributed by atoms with van der Waals surface area (Å²) in [5, 5.41) is 5.46. The Morgan fingerprint density at radius 3 is 2.70 bits per heavy atom. The maximum Gasteiger partial charge on any atom is 0.216 e. The number of terminal acetylenes is 1. The molecule has 0 heterocycles. The zero-order valence-corrected chi connectivity index (χ0v) is 6.27. The molecule has 56 valence electrons. The zero-order chi connectivity index (χ0) is 7.98. The van der Waals surface area contributed by atoms with Gasteiger partial charge in [0.25, 0.3) is 0 Å². The topological polar surface area (TPSA) is 41.1 Å². The van der Waals surface area contributed by atoms with E-state index in [0.717, 1.165) is 0 Å². The molecule has 3 nitrogen and oxygen atoms in total. The summed E-state index contributed by atoms with van der Waals surface area (Å²) in [6.45, 7) is 1.95. The van der Waals surface area contributed by atoms with E-state index in [1.54, 1.807) is 7.05 Å². The van der Waals surface area contributed by atoms with Crippen molar-refractivity contribution in [3.63, 3.8) is 0 Å². The van der Waals surface area contributed by atoms with Gasteiger partial charge in [0.2, 0.25) is 5.91 Å². The van der Waals surface area contributed by atoms with Gasteiger partial charge in [-0.15, -0.1) is 6.42 Å². The van der Waals surface area contributed by atoms with E-state index < -0.39 is 0 Å². The molecule has 0 aromatic rings. The van der Waals surface area contributed by atoms with Crippen molar-refractivity contribution in [1.82, 2.24) is 10.6 Å². The van der Waals surface area contributed by atoms with Crippen molar-refractivity contribution in [2.24, 2.45) is 0 Å². The first kappa shape index (κ1) is 8.99. The highest BCUT2D eigenvalue weighted by Crippen LogP contribution is 1.74. The number of carbonyl (C=O) groups excluding carboxylic acids is 1. The van der Waals surface area contributed by atoms with Gasteiger partial charge in [-0.3, -0.25) is 4.79 Å². The monoisotopic (exact) mass is 140 g/mol. The average Bonchev–Trinajstić information content (AvgIpc) is 1.90. The van der Waals surface area contributed by atoms with Crippen molar-refractivity contribution in [3.05, 3.63) is 0 Å². The van der Waals surface area contributed by atoms with Crippen LogP contribution in [0, 0.1) is 12.3 Å². The highest BCUT2D eigenvalue weighted by Gasteiger charge is 1.99. The molecule has 0 unspecified atom stereocenters. The van der Waals surface area contributed by atoms with Gasteiger partial charge >= 0.3 is 0 Å². The van der Waals surface area contributed by atoms with Crippen LogP contribution in [0.4, 0.5) is 0 Å². The molecule has 0 aromatic carbocycles. The van der Waals surface area contributed by atoms with Gasteiger partial charge in [-0.2, -0.15) is 0 Å². The summed E-state index contributed by atoms with van der Waals surface area (Å²) in [5.41, 5.74) is 0. The Morgan fingerprint density at radius 1 is 1.80 bits per heavy atom. The molecule has 0 fully saturated rings. The minimum Gasteiger partial charge on any atom is -0.354 e. The first-order valence-electron chi connectivity index (χ1n) is 3.08. The fraction of sp³-hybridized carbons (Fsp3) is 0.571. The maximum atomic E-state index is 10.4. The fourth-order valence-corrected chi connectivity index (χ4v) is 0.490. The number of carbonyl (C=O) groups is 1. The lowest BCUT2D eigenvalue weighted by molar-refractivity contribution is -0.118. The second-order valence-electron chi connectivity index (χ2n) is 1.95. The number of hydrogen-bond acceptors (Lipinski definition) is 2. The van der Waals surface area contributed by atoms with Crippen LogP contribution >= 0.6 is 0 Å². The standard InChI is InChI=1S/C7H12N2O/c1-4-7(8-3)5-9-6(2)10/h1,7-8H,5H2,2-3H3,(H,9,10)/t7-/m0/s1. The average molecular weight is 140 g/mol. The lowest BCUT2D eigenvalue weighted by Crippen LogP contribution is -2.37. The molecule has 0 rings (SSSR count). The summed E-state index contributed by atoms with van der Waals surface area (Å²) >= 11 is 0. The van der Waals surface area contributed by atoms with Crippen LogP contribution in [0.2, 0.25) is 0 Å². The van der Waals surface area contributed by atoms with E-state index in [-0.39, 0.29) is 11.9 Å². The van der Waals surface area contributed by atoms with Crippen molar-refractivity contribution in [3.8, 4) is 12.3 Å². The Labute approximate surface area is 61.2 Å². The molecule has 3 heteroatoms. The summed E-state index contributed by atoms with van der Waals surface area (Å²) in [7, 11) is 1.76. The Balaban J connectivity index is 3.47. The second-order valence-corrected chi connectivity index (χ2v) is 1.95. The van der Waals surface area contributed by atoms with E-state index in [0.29, 0.717) is 6.54 Å². The summed E-state index contributed by atoms with van der Waals surface area (Å²) in [6, 6.07) is -0.0658. The summed E-state index contributed by atoms with van der Waals surface area (Å²) < 4.78 is 0. The lowest BCUT2D eigenvalue weighted by atomic mass is 10.3. The molecule has 0 spiro atoms. The molecule has 0 aliphatic carbocycles. The van der Waals surface area contributed by atoms with E-state index in [1.165, 1.54) is 6.92 Å². The Hall–Kier alpha value is -1.01. The van der Waals surface area contributed by atoms with Gasteiger partial charge in [0.1, 0.15) is 0 Å². The predicted molar refractivity (Wildman–Crippen MR) is 40.4 cm³/mol. The Morgan fingerprint density at radius 2 is 2.40 bits per heavy atom. The van der Waals surface area contributed by atoms with E-state index >= 15 is 0 Å². The maximum absolute atomic E-state index is 10.4. The van der Waals surface area contributed by atoms with Crippen molar-refractivity contribution in [2.45, 2.75) is 13.0 Å². The number of likely N-dealkylation sites (N-methyl/N-ethyl adjacent to an activating group) is 1. The van der Waals surface area contributed by atoms with E-state index in [4.69, 9.17) is 6.42 Å². The molecule has 0 saturated heterocycles. The zero-order valence-electron chi connectivity index (χ0n) is 6.27. The molecule has 0 radical (unpaired) electrons. The van der Waals surface area contributed by atoms with Gasteiger partial charge in [0, 0.05) is 13.5 Å². The number of hydrogen-bond donors (Lipinski definition) is 2. The van der Waals surface area contributed by atoms with Gasteiger partial charge in [0.15, 0.2) is 0 Å². The highest BCUT2D eigenvalue weighted by atomic mass is 16.1. The van der Waals surface area contributed by atoms with Crippen LogP contribution in [0.3, 0.4) is 0 Å². The SMILES string of the molecule is C#C[C@@H](CNC(C)=O)NC. The van der Waals surface area contributed by atoms with Gasteiger partial charge < -0.3 is 10.6 Å². The van der Waals surface area contributed by atoms with Crippen LogP contribution in [0.25, 0.3) is 0 Å². The molecule has 10 heavy (non-hydrogen) atoms.